The summed E-state index contributed by atoms with van der Waals surface area (Å²) in [6.07, 6.45) is 0.0277. The topological polar surface area (TPSA) is 79.3 Å². The van der Waals surface area contributed by atoms with Crippen LogP contribution in [0.5, 0.6) is 11.5 Å². The number of methoxy groups -OCH3 is 1. The van der Waals surface area contributed by atoms with Gasteiger partial charge in [-0.25, -0.2) is 0 Å². The van der Waals surface area contributed by atoms with E-state index in [2.05, 4.69) is 0 Å². The Morgan fingerprint density at radius 3 is 2.33 bits per heavy atom. The monoisotopic (exact) mass is 452 g/mol. The number of ether oxygens (including phenoxy) is 2. The number of hydrogen-bond donors (Lipinski definition) is 1. The van der Waals surface area contributed by atoms with E-state index in [1.807, 2.05) is 64.0 Å². The summed E-state index contributed by atoms with van der Waals surface area (Å²) in [5.41, 5.74) is 2.09. The number of likely N-dealkylation sites (tertiary alicyclic amines) is 1. The third-order valence-corrected chi connectivity index (χ3v) is 5.56. The lowest BCUT2D eigenvalue weighted by atomic mass is 9.94. The van der Waals surface area contributed by atoms with Gasteiger partial charge in [0.25, 0.3) is 11.7 Å². The van der Waals surface area contributed by atoms with Crippen molar-refractivity contribution < 1.29 is 24.2 Å². The molecule has 1 unspecified atom stereocenters. The Bertz CT molecular complexity index is 1060. The molecule has 0 radical (unpaired) electrons. The largest absolute Gasteiger partial charge is 0.507 e. The van der Waals surface area contributed by atoms with E-state index in [9.17, 15) is 14.7 Å². The molecular weight excluding hydrogens is 420 g/mol. The Kier molecular flexibility index (Phi) is 7.43. The lowest BCUT2D eigenvalue weighted by Crippen LogP contribution is -2.35. The number of Topliss-reactive ketones (excluding diaryl/α,β-unsaturated/α-hetero) is 1. The van der Waals surface area contributed by atoms with Crippen LogP contribution in [0.1, 0.15) is 36.6 Å². The van der Waals surface area contributed by atoms with Gasteiger partial charge in [-0.15, -0.1) is 0 Å². The maximum Gasteiger partial charge on any atom is 0.295 e. The van der Waals surface area contributed by atoms with Crippen molar-refractivity contribution in [2.45, 2.75) is 32.9 Å². The molecule has 1 N–H and O–H groups in total. The number of nitrogens with zero attached hydrogens (tertiary/aromatic N) is 2. The molecule has 2 aromatic rings. The molecule has 0 saturated carbocycles. The van der Waals surface area contributed by atoms with E-state index in [1.54, 1.807) is 25.3 Å². The van der Waals surface area contributed by atoms with Gasteiger partial charge in [0, 0.05) is 18.7 Å². The lowest BCUT2D eigenvalue weighted by Gasteiger charge is -2.26. The number of amides is 1. The highest BCUT2D eigenvalue weighted by Gasteiger charge is 2.45. The molecule has 0 aromatic heterocycles. The lowest BCUT2D eigenvalue weighted by molar-refractivity contribution is -0.140. The summed E-state index contributed by atoms with van der Waals surface area (Å²) in [6.45, 7) is 6.68. The second-order valence-electron chi connectivity index (χ2n) is 8.72. The normalized spacial score (nSPS) is 17.8. The van der Waals surface area contributed by atoms with Crippen LogP contribution in [0.15, 0.2) is 48.0 Å². The molecule has 33 heavy (non-hydrogen) atoms. The molecule has 1 aliphatic heterocycles. The number of carbonyl (C=O) groups excluding carboxylic acids is 2. The van der Waals surface area contributed by atoms with Crippen molar-refractivity contribution in [3.05, 3.63) is 64.7 Å². The summed E-state index contributed by atoms with van der Waals surface area (Å²) in [7, 11) is 5.39. The molecule has 0 aliphatic carbocycles. The molecule has 2 aromatic carbocycles. The van der Waals surface area contributed by atoms with Crippen LogP contribution in [0.3, 0.4) is 0 Å². The third-order valence-electron chi connectivity index (χ3n) is 5.56. The number of carbonyl (C=O) groups is 2. The molecule has 0 bridgehead atoms. The van der Waals surface area contributed by atoms with Crippen LogP contribution in [0.4, 0.5) is 0 Å². The van der Waals surface area contributed by atoms with Gasteiger partial charge in [-0.3, -0.25) is 9.59 Å². The minimum Gasteiger partial charge on any atom is -0.507 e. The molecule has 1 aliphatic rings. The Hall–Kier alpha value is -3.32. The minimum atomic E-state index is -0.694. The van der Waals surface area contributed by atoms with Crippen LogP contribution in [0, 0.1) is 6.92 Å². The Labute approximate surface area is 195 Å². The maximum atomic E-state index is 13.1. The number of rotatable bonds is 8. The summed E-state index contributed by atoms with van der Waals surface area (Å²) >= 11 is 0. The van der Waals surface area contributed by atoms with Gasteiger partial charge in [0.1, 0.15) is 17.3 Å². The molecule has 3 rings (SSSR count). The van der Waals surface area contributed by atoms with Gasteiger partial charge < -0.3 is 24.4 Å². The van der Waals surface area contributed by atoms with Crippen molar-refractivity contribution in [2.24, 2.45) is 0 Å². The van der Waals surface area contributed by atoms with E-state index >= 15 is 0 Å². The predicted molar refractivity (Wildman–Crippen MR) is 128 cm³/mol. The van der Waals surface area contributed by atoms with Gasteiger partial charge in [-0.2, -0.15) is 0 Å². The highest BCUT2D eigenvalue weighted by molar-refractivity contribution is 6.46. The van der Waals surface area contributed by atoms with Crippen molar-refractivity contribution in [1.29, 1.82) is 0 Å². The molecule has 1 amide bonds. The fourth-order valence-corrected chi connectivity index (χ4v) is 3.95. The minimum absolute atomic E-state index is 0.0277. The van der Waals surface area contributed by atoms with Gasteiger partial charge in [-0.1, -0.05) is 12.1 Å². The highest BCUT2D eigenvalue weighted by atomic mass is 16.5. The number of hydrogen-bond acceptors (Lipinski definition) is 6. The number of benzene rings is 2. The standard InChI is InChI=1S/C26H32N2O5/c1-16(2)33-20-10-7-18(8-11-20)23-22(25(30)26(31)28(23)14-13-27(4)5)24(29)19-9-12-21(32-6)17(3)15-19/h7-12,15-16,23,29H,13-14H2,1-6H3/b24-22-. The Balaban J connectivity index is 2.11. The van der Waals surface area contributed by atoms with Crippen LogP contribution in [0.2, 0.25) is 0 Å². The second-order valence-corrected chi connectivity index (χ2v) is 8.72. The zero-order valence-electron chi connectivity index (χ0n) is 20.1. The van der Waals surface area contributed by atoms with Crippen molar-refractivity contribution >= 4 is 17.4 Å². The van der Waals surface area contributed by atoms with Gasteiger partial charge in [0.15, 0.2) is 0 Å². The maximum absolute atomic E-state index is 13.1. The third kappa shape index (κ3) is 5.20. The summed E-state index contributed by atoms with van der Waals surface area (Å²) in [5.74, 6) is -0.123. The van der Waals surface area contributed by atoms with Crippen molar-refractivity contribution in [1.82, 2.24) is 9.80 Å². The molecule has 1 atom stereocenters. The van der Waals surface area contributed by atoms with Gasteiger partial charge >= 0.3 is 0 Å². The van der Waals surface area contributed by atoms with Crippen LogP contribution >= 0.6 is 0 Å². The zero-order chi connectivity index (χ0) is 24.3. The fraction of sp³-hybridized carbons (Fsp3) is 0.385. The van der Waals surface area contributed by atoms with Crippen molar-refractivity contribution in [3.63, 3.8) is 0 Å². The quantitative estimate of drug-likeness (QED) is 0.373. The first kappa shape index (κ1) is 24.3. The first-order valence-electron chi connectivity index (χ1n) is 11.0. The van der Waals surface area contributed by atoms with Crippen LogP contribution < -0.4 is 9.47 Å². The zero-order valence-corrected chi connectivity index (χ0v) is 20.1. The second kappa shape index (κ2) is 10.1. The van der Waals surface area contributed by atoms with E-state index in [0.717, 1.165) is 11.1 Å². The Morgan fingerprint density at radius 1 is 1.12 bits per heavy atom. The molecule has 1 saturated heterocycles. The molecule has 7 nitrogen and oxygen atoms in total. The molecular formula is C26H32N2O5. The van der Waals surface area contributed by atoms with E-state index in [4.69, 9.17) is 9.47 Å². The highest BCUT2D eigenvalue weighted by Crippen LogP contribution is 2.40. The summed E-state index contributed by atoms with van der Waals surface area (Å²) in [4.78, 5) is 29.6. The number of aliphatic hydroxyl groups is 1. The molecule has 176 valence electrons. The molecule has 1 heterocycles. The van der Waals surface area contributed by atoms with E-state index in [1.165, 1.54) is 4.90 Å². The van der Waals surface area contributed by atoms with Crippen LogP contribution in [0.25, 0.3) is 5.76 Å². The van der Waals surface area contributed by atoms with Crippen LogP contribution in [-0.4, -0.2) is 67.0 Å². The number of aryl methyl sites for hydroxylation is 1. The first-order valence-corrected chi connectivity index (χ1v) is 11.0. The average Bonchev–Trinajstić information content (AvgIpc) is 3.02. The predicted octanol–water partition coefficient (Wildman–Crippen LogP) is 3.77. The van der Waals surface area contributed by atoms with E-state index in [0.29, 0.717) is 30.2 Å². The smallest absolute Gasteiger partial charge is 0.295 e. The number of ketones is 1. The SMILES string of the molecule is COc1ccc(/C(O)=C2/C(=O)C(=O)N(CCN(C)C)C2c2ccc(OC(C)C)cc2)cc1C. The number of likely N-dealkylation sites (N-methyl/N-ethyl adjacent to an activating group) is 1. The summed E-state index contributed by atoms with van der Waals surface area (Å²) < 4.78 is 11.0. The summed E-state index contributed by atoms with van der Waals surface area (Å²) in [6, 6.07) is 11.8. The van der Waals surface area contributed by atoms with Gasteiger partial charge in [0.2, 0.25) is 0 Å². The van der Waals surface area contributed by atoms with Gasteiger partial charge in [-0.05, 0) is 76.3 Å². The van der Waals surface area contributed by atoms with Crippen LogP contribution in [-0.2, 0) is 9.59 Å². The van der Waals surface area contributed by atoms with Crippen molar-refractivity contribution in [3.8, 4) is 11.5 Å². The van der Waals surface area contributed by atoms with E-state index < -0.39 is 17.7 Å². The Morgan fingerprint density at radius 2 is 1.79 bits per heavy atom. The first-order chi connectivity index (χ1) is 15.6. The van der Waals surface area contributed by atoms with Gasteiger partial charge in [0.05, 0.1) is 24.8 Å². The molecule has 1 fully saturated rings. The molecule has 7 heteroatoms. The summed E-state index contributed by atoms with van der Waals surface area (Å²) in [5, 5.41) is 11.2. The van der Waals surface area contributed by atoms with Crippen molar-refractivity contribution in [2.75, 3.05) is 34.3 Å². The average molecular weight is 453 g/mol. The molecule has 0 spiro atoms. The fourth-order valence-electron chi connectivity index (χ4n) is 3.95. The number of aliphatic hydroxyl groups excluding tert-OH is 1. The van der Waals surface area contributed by atoms with E-state index in [-0.39, 0.29) is 17.4 Å².